The van der Waals surface area contributed by atoms with Crippen LogP contribution in [0.3, 0.4) is 0 Å². The number of hydrogen-bond donors (Lipinski definition) is 2. The van der Waals surface area contributed by atoms with E-state index in [2.05, 4.69) is 10.1 Å². The number of nitrogens with zero attached hydrogens (tertiary/aromatic N) is 2. The highest BCUT2D eigenvalue weighted by Gasteiger charge is 2.36. The molecule has 0 aromatic carbocycles. The van der Waals surface area contributed by atoms with Gasteiger partial charge in [0.1, 0.15) is 12.6 Å². The highest BCUT2D eigenvalue weighted by Crippen LogP contribution is 2.09. The molecule has 0 aromatic heterocycles. The maximum atomic E-state index is 12.2. The molecule has 9 heteroatoms. The summed E-state index contributed by atoms with van der Waals surface area (Å²) in [6.07, 6.45) is 0.559. The average molecular weight is 301 g/mol. The molecule has 1 rings (SSSR count). The van der Waals surface area contributed by atoms with Crippen LogP contribution < -0.4 is 5.32 Å². The Kier molecular flexibility index (Phi) is 5.94. The predicted molar refractivity (Wildman–Crippen MR) is 70.4 cm³/mol. The average Bonchev–Trinajstić information content (AvgIpc) is 2.45. The molecule has 1 fully saturated rings. The molecule has 2 N–H and O–H groups in total. The van der Waals surface area contributed by atoms with Crippen LogP contribution in [0.15, 0.2) is 0 Å². The molecule has 1 aliphatic rings. The fourth-order valence-electron chi connectivity index (χ4n) is 1.94. The molecule has 1 unspecified atom stereocenters. The Morgan fingerprint density at radius 2 is 2.14 bits per heavy atom. The van der Waals surface area contributed by atoms with Crippen molar-refractivity contribution >= 4 is 23.9 Å². The monoisotopic (exact) mass is 301 g/mol. The predicted octanol–water partition coefficient (Wildman–Crippen LogP) is -1.12. The SMILES string of the molecule is COC(=O)CCCN(C)C(=O)N1CC(=O)NCC1C(=O)O. The van der Waals surface area contributed by atoms with E-state index in [4.69, 9.17) is 5.11 Å². The van der Waals surface area contributed by atoms with Crippen LogP contribution in [0.25, 0.3) is 0 Å². The van der Waals surface area contributed by atoms with Gasteiger partial charge < -0.3 is 20.1 Å². The second-order valence-corrected chi connectivity index (χ2v) is 4.67. The van der Waals surface area contributed by atoms with Crippen LogP contribution in [0.1, 0.15) is 12.8 Å². The number of urea groups is 1. The van der Waals surface area contributed by atoms with Gasteiger partial charge in [-0.15, -0.1) is 0 Å². The smallest absolute Gasteiger partial charge is 0.328 e. The van der Waals surface area contributed by atoms with E-state index < -0.39 is 23.9 Å². The Bertz CT molecular complexity index is 439. The van der Waals surface area contributed by atoms with E-state index in [1.165, 1.54) is 19.1 Å². The Morgan fingerprint density at radius 1 is 1.48 bits per heavy atom. The fourth-order valence-corrected chi connectivity index (χ4v) is 1.94. The molecular weight excluding hydrogens is 282 g/mol. The highest BCUT2D eigenvalue weighted by atomic mass is 16.5. The zero-order chi connectivity index (χ0) is 16.0. The van der Waals surface area contributed by atoms with E-state index in [1.54, 1.807) is 0 Å². The van der Waals surface area contributed by atoms with Crippen molar-refractivity contribution in [1.82, 2.24) is 15.1 Å². The summed E-state index contributed by atoms with van der Waals surface area (Å²) in [5, 5.41) is 11.5. The number of carbonyl (C=O) groups is 4. The topological polar surface area (TPSA) is 116 Å². The van der Waals surface area contributed by atoms with Crippen molar-refractivity contribution in [2.45, 2.75) is 18.9 Å². The maximum Gasteiger partial charge on any atom is 0.328 e. The number of carboxylic acids is 1. The first-order valence-corrected chi connectivity index (χ1v) is 6.45. The number of nitrogens with one attached hydrogen (secondary N) is 1. The summed E-state index contributed by atoms with van der Waals surface area (Å²) in [4.78, 5) is 47.9. The zero-order valence-corrected chi connectivity index (χ0v) is 12.0. The van der Waals surface area contributed by atoms with Gasteiger partial charge in [0.25, 0.3) is 0 Å². The second-order valence-electron chi connectivity index (χ2n) is 4.67. The number of ether oxygens (including phenoxy) is 1. The Morgan fingerprint density at radius 3 is 2.71 bits per heavy atom. The summed E-state index contributed by atoms with van der Waals surface area (Å²) < 4.78 is 4.49. The molecule has 1 atom stereocenters. The van der Waals surface area contributed by atoms with Crippen LogP contribution in [0.5, 0.6) is 0 Å². The molecular formula is C12H19N3O6. The number of esters is 1. The largest absolute Gasteiger partial charge is 0.480 e. The first-order chi connectivity index (χ1) is 9.86. The summed E-state index contributed by atoms with van der Waals surface area (Å²) in [5.41, 5.74) is 0. The quantitative estimate of drug-likeness (QED) is 0.621. The maximum absolute atomic E-state index is 12.2. The van der Waals surface area contributed by atoms with Crippen molar-refractivity contribution in [2.24, 2.45) is 0 Å². The molecule has 0 aromatic rings. The van der Waals surface area contributed by atoms with Gasteiger partial charge in [0, 0.05) is 26.6 Å². The van der Waals surface area contributed by atoms with Crippen molar-refractivity contribution in [3.63, 3.8) is 0 Å². The summed E-state index contributed by atoms with van der Waals surface area (Å²) in [6, 6.07) is -1.64. The van der Waals surface area contributed by atoms with Crippen LogP contribution >= 0.6 is 0 Å². The number of piperazine rings is 1. The molecule has 0 radical (unpaired) electrons. The van der Waals surface area contributed by atoms with Crippen LogP contribution in [0.2, 0.25) is 0 Å². The van der Waals surface area contributed by atoms with Crippen LogP contribution in [-0.4, -0.2) is 78.6 Å². The van der Waals surface area contributed by atoms with Gasteiger partial charge in [-0.2, -0.15) is 0 Å². The number of amides is 3. The minimum Gasteiger partial charge on any atom is -0.480 e. The van der Waals surface area contributed by atoms with Crippen molar-refractivity contribution < 1.29 is 29.0 Å². The van der Waals surface area contributed by atoms with Crippen molar-refractivity contribution in [3.8, 4) is 0 Å². The number of carbonyl (C=O) groups excluding carboxylic acids is 3. The van der Waals surface area contributed by atoms with E-state index in [0.717, 1.165) is 4.90 Å². The molecule has 1 aliphatic heterocycles. The van der Waals surface area contributed by atoms with Gasteiger partial charge in [-0.1, -0.05) is 0 Å². The van der Waals surface area contributed by atoms with E-state index in [9.17, 15) is 19.2 Å². The standard InChI is InChI=1S/C12H19N3O6/c1-14(5-3-4-10(17)21-2)12(20)15-7-9(16)13-6-8(15)11(18)19/h8H,3-7H2,1-2H3,(H,13,16)(H,18,19). The molecule has 9 nitrogen and oxygen atoms in total. The lowest BCUT2D eigenvalue weighted by Crippen LogP contribution is -2.61. The molecule has 0 saturated carbocycles. The number of rotatable bonds is 5. The molecule has 0 spiro atoms. The van der Waals surface area contributed by atoms with E-state index in [-0.39, 0.29) is 32.0 Å². The lowest BCUT2D eigenvalue weighted by Gasteiger charge is -2.35. The fraction of sp³-hybridized carbons (Fsp3) is 0.667. The summed E-state index contributed by atoms with van der Waals surface area (Å²) in [5.74, 6) is -1.95. The van der Waals surface area contributed by atoms with Gasteiger partial charge in [-0.05, 0) is 6.42 Å². The number of carboxylic acid groups (broad SMARTS) is 1. The first kappa shape index (κ1) is 16.7. The molecule has 21 heavy (non-hydrogen) atoms. The van der Waals surface area contributed by atoms with Gasteiger partial charge in [0.05, 0.1) is 7.11 Å². The molecule has 1 saturated heterocycles. The number of aliphatic carboxylic acids is 1. The third-order valence-electron chi connectivity index (χ3n) is 3.14. The van der Waals surface area contributed by atoms with Crippen molar-refractivity contribution in [3.05, 3.63) is 0 Å². The highest BCUT2D eigenvalue weighted by molar-refractivity contribution is 5.90. The Labute approximate surface area is 121 Å². The van der Waals surface area contributed by atoms with Crippen molar-refractivity contribution in [1.29, 1.82) is 0 Å². The molecule has 118 valence electrons. The summed E-state index contributed by atoms with van der Waals surface area (Å²) in [7, 11) is 2.77. The van der Waals surface area contributed by atoms with E-state index in [1.807, 2.05) is 0 Å². The minimum absolute atomic E-state index is 0.115. The van der Waals surface area contributed by atoms with Crippen molar-refractivity contribution in [2.75, 3.05) is 33.8 Å². The summed E-state index contributed by atoms with van der Waals surface area (Å²) in [6.45, 7) is -0.147. The van der Waals surface area contributed by atoms with Gasteiger partial charge in [0.2, 0.25) is 5.91 Å². The third-order valence-corrected chi connectivity index (χ3v) is 3.14. The van der Waals surface area contributed by atoms with Gasteiger partial charge in [-0.25, -0.2) is 9.59 Å². The lowest BCUT2D eigenvalue weighted by molar-refractivity contribution is -0.144. The minimum atomic E-state index is -1.17. The molecule has 0 bridgehead atoms. The third kappa shape index (κ3) is 4.62. The molecule has 1 heterocycles. The second kappa shape index (κ2) is 7.46. The van der Waals surface area contributed by atoms with Crippen LogP contribution in [0.4, 0.5) is 4.79 Å². The Hall–Kier alpha value is -2.32. The first-order valence-electron chi connectivity index (χ1n) is 6.45. The number of hydrogen-bond acceptors (Lipinski definition) is 5. The molecule has 3 amide bonds. The number of methoxy groups -OCH3 is 1. The van der Waals surface area contributed by atoms with Gasteiger partial charge >= 0.3 is 18.0 Å². The van der Waals surface area contributed by atoms with Gasteiger partial charge in [0.15, 0.2) is 0 Å². The Balaban J connectivity index is 2.59. The van der Waals surface area contributed by atoms with Gasteiger partial charge in [-0.3, -0.25) is 14.5 Å². The molecule has 0 aliphatic carbocycles. The van der Waals surface area contributed by atoms with Crippen LogP contribution in [0, 0.1) is 0 Å². The van der Waals surface area contributed by atoms with E-state index in [0.29, 0.717) is 6.42 Å². The lowest BCUT2D eigenvalue weighted by atomic mass is 10.2. The summed E-state index contributed by atoms with van der Waals surface area (Å²) >= 11 is 0. The van der Waals surface area contributed by atoms with E-state index >= 15 is 0 Å². The normalized spacial score (nSPS) is 17.9. The zero-order valence-electron chi connectivity index (χ0n) is 12.0. The van der Waals surface area contributed by atoms with Crippen LogP contribution in [-0.2, 0) is 19.1 Å².